The van der Waals surface area contributed by atoms with Crippen LogP contribution in [0.15, 0.2) is 12.3 Å². The van der Waals surface area contributed by atoms with Crippen molar-refractivity contribution in [1.29, 1.82) is 0 Å². The molecule has 17 heavy (non-hydrogen) atoms. The van der Waals surface area contributed by atoms with Crippen molar-refractivity contribution in [2.75, 3.05) is 0 Å². The fourth-order valence-electron chi connectivity index (χ4n) is 1.17. The highest BCUT2D eigenvalue weighted by atomic mass is 16.9. The molecule has 1 heterocycles. The van der Waals surface area contributed by atoms with E-state index in [1.807, 2.05) is 0 Å². The summed E-state index contributed by atoms with van der Waals surface area (Å²) >= 11 is 0. The second-order valence-electron chi connectivity index (χ2n) is 3.09. The molecule has 0 spiro atoms. The lowest BCUT2D eigenvalue weighted by atomic mass is 10.1. The predicted octanol–water partition coefficient (Wildman–Crippen LogP) is 0.691. The summed E-state index contributed by atoms with van der Waals surface area (Å²) in [4.78, 5) is 39.5. The molecule has 0 atom stereocenters. The van der Waals surface area contributed by atoms with Crippen molar-refractivity contribution in [2.45, 2.75) is 13.5 Å². The van der Waals surface area contributed by atoms with E-state index in [1.54, 1.807) is 0 Å². The van der Waals surface area contributed by atoms with Crippen molar-refractivity contribution in [1.82, 2.24) is 4.98 Å². The highest BCUT2D eigenvalue weighted by Crippen LogP contribution is 2.12. The van der Waals surface area contributed by atoms with Gasteiger partial charge in [0.15, 0.2) is 5.78 Å². The molecule has 0 bridgehead atoms. The average molecular weight is 240 g/mol. The number of aromatic carboxylic acids is 1. The zero-order valence-corrected chi connectivity index (χ0v) is 8.74. The largest absolute Gasteiger partial charge is 0.477 e. The first-order valence-electron chi connectivity index (χ1n) is 4.42. The maximum Gasteiger partial charge on any atom is 0.354 e. The number of Topliss-reactive ketones (excluding diaryl/α,β-unsaturated/α-hetero) is 1. The smallest absolute Gasteiger partial charge is 0.354 e. The Labute approximate surface area is 94.9 Å². The van der Waals surface area contributed by atoms with Gasteiger partial charge >= 0.3 is 5.97 Å². The van der Waals surface area contributed by atoms with Crippen LogP contribution >= 0.6 is 0 Å². The molecule has 1 rings (SSSR count). The topological polar surface area (TPSA) is 120 Å². The van der Waals surface area contributed by atoms with E-state index < -0.39 is 23.4 Å². The molecule has 0 aliphatic rings. The molecule has 0 aliphatic carbocycles. The highest BCUT2D eigenvalue weighted by Gasteiger charge is 2.14. The molecular formula is C9H8N2O6. The van der Waals surface area contributed by atoms with Gasteiger partial charge in [-0.2, -0.15) is 0 Å². The number of nitrogens with zero attached hydrogens (tertiary/aromatic N) is 2. The van der Waals surface area contributed by atoms with Gasteiger partial charge in [0.1, 0.15) is 12.3 Å². The zero-order valence-electron chi connectivity index (χ0n) is 8.74. The van der Waals surface area contributed by atoms with Gasteiger partial charge in [-0.3, -0.25) is 4.79 Å². The lowest BCUT2D eigenvalue weighted by Crippen LogP contribution is -2.09. The molecule has 0 aromatic carbocycles. The number of pyridine rings is 1. The Balaban J connectivity index is 3.08. The van der Waals surface area contributed by atoms with Crippen molar-refractivity contribution in [2.24, 2.45) is 0 Å². The first-order valence-corrected chi connectivity index (χ1v) is 4.42. The SMILES string of the molecule is CC(=O)c1cc(C(=O)O)ncc1CO[N+](=O)[O-]. The van der Waals surface area contributed by atoms with Gasteiger partial charge < -0.3 is 9.94 Å². The molecule has 0 aliphatic heterocycles. The third kappa shape index (κ3) is 3.23. The van der Waals surface area contributed by atoms with Gasteiger partial charge in [0.2, 0.25) is 0 Å². The minimum atomic E-state index is -1.28. The highest BCUT2D eigenvalue weighted by molar-refractivity contribution is 5.97. The zero-order chi connectivity index (χ0) is 13.0. The van der Waals surface area contributed by atoms with Gasteiger partial charge in [-0.15, -0.1) is 10.1 Å². The summed E-state index contributed by atoms with van der Waals surface area (Å²) < 4.78 is 0. The fourth-order valence-corrected chi connectivity index (χ4v) is 1.17. The van der Waals surface area contributed by atoms with E-state index >= 15 is 0 Å². The van der Waals surface area contributed by atoms with E-state index in [-0.39, 0.29) is 16.8 Å². The first kappa shape index (κ1) is 12.6. The second-order valence-corrected chi connectivity index (χ2v) is 3.09. The second kappa shape index (κ2) is 5.01. The normalized spacial score (nSPS) is 9.71. The van der Waals surface area contributed by atoms with E-state index in [0.29, 0.717) is 0 Å². The molecule has 8 nitrogen and oxygen atoms in total. The molecule has 1 aromatic rings. The van der Waals surface area contributed by atoms with Gasteiger partial charge in [-0.05, 0) is 13.0 Å². The number of carboxylic acids is 1. The molecule has 0 saturated heterocycles. The van der Waals surface area contributed by atoms with Crippen molar-refractivity contribution >= 4 is 11.8 Å². The van der Waals surface area contributed by atoms with Crippen molar-refractivity contribution < 1.29 is 24.6 Å². The molecule has 8 heteroatoms. The monoisotopic (exact) mass is 240 g/mol. The third-order valence-corrected chi connectivity index (χ3v) is 1.91. The number of carboxylic acid groups (broad SMARTS) is 1. The summed E-state index contributed by atoms with van der Waals surface area (Å²) in [5, 5.41) is 17.7. The molecule has 0 saturated carbocycles. The van der Waals surface area contributed by atoms with Crippen molar-refractivity contribution in [3.8, 4) is 0 Å². The molecule has 0 amide bonds. The van der Waals surface area contributed by atoms with Gasteiger partial charge in [-0.1, -0.05) is 0 Å². The summed E-state index contributed by atoms with van der Waals surface area (Å²) in [7, 11) is 0. The maximum absolute atomic E-state index is 11.2. The van der Waals surface area contributed by atoms with Crippen molar-refractivity contribution in [3.05, 3.63) is 39.2 Å². The number of aromatic nitrogens is 1. The van der Waals surface area contributed by atoms with Crippen LogP contribution in [0.4, 0.5) is 0 Å². The molecule has 90 valence electrons. The summed E-state index contributed by atoms with van der Waals surface area (Å²) in [5.41, 5.74) is -0.0986. The molecular weight excluding hydrogens is 232 g/mol. The van der Waals surface area contributed by atoms with Crippen LogP contribution in [0.3, 0.4) is 0 Å². The minimum Gasteiger partial charge on any atom is -0.477 e. The summed E-state index contributed by atoms with van der Waals surface area (Å²) in [6, 6.07) is 1.06. The van der Waals surface area contributed by atoms with Crippen LogP contribution in [0, 0.1) is 10.1 Å². The lowest BCUT2D eigenvalue weighted by molar-refractivity contribution is -0.763. The van der Waals surface area contributed by atoms with Gasteiger partial charge in [0.05, 0.1) is 0 Å². The van der Waals surface area contributed by atoms with Crippen LogP contribution in [0.1, 0.15) is 33.3 Å². The Kier molecular flexibility index (Phi) is 3.70. The summed E-state index contributed by atoms with van der Waals surface area (Å²) in [5.74, 6) is -1.70. The summed E-state index contributed by atoms with van der Waals surface area (Å²) in [6.07, 6.45) is 1.07. The van der Waals surface area contributed by atoms with E-state index in [2.05, 4.69) is 9.82 Å². The van der Waals surface area contributed by atoms with E-state index in [1.165, 1.54) is 6.92 Å². The minimum absolute atomic E-state index is 0.0410. The van der Waals surface area contributed by atoms with Crippen LogP contribution in [-0.2, 0) is 11.4 Å². The number of hydrogen-bond acceptors (Lipinski definition) is 6. The van der Waals surface area contributed by atoms with Gasteiger partial charge in [0, 0.05) is 17.3 Å². The number of hydrogen-bond donors (Lipinski definition) is 1. The van der Waals surface area contributed by atoms with Crippen molar-refractivity contribution in [3.63, 3.8) is 0 Å². The predicted molar refractivity (Wildman–Crippen MR) is 53.0 cm³/mol. The molecule has 1 aromatic heterocycles. The molecule has 0 unspecified atom stereocenters. The fraction of sp³-hybridized carbons (Fsp3) is 0.222. The number of rotatable bonds is 5. The number of carbonyl (C=O) groups excluding carboxylic acids is 1. The van der Waals surface area contributed by atoms with Crippen LogP contribution in [-0.4, -0.2) is 26.9 Å². The van der Waals surface area contributed by atoms with Crippen LogP contribution in [0.2, 0.25) is 0 Å². The van der Waals surface area contributed by atoms with Crippen LogP contribution < -0.4 is 0 Å². The number of carbonyl (C=O) groups is 2. The van der Waals surface area contributed by atoms with E-state index in [4.69, 9.17) is 5.11 Å². The average Bonchev–Trinajstić information content (AvgIpc) is 2.25. The quantitative estimate of drug-likeness (QED) is 0.456. The van der Waals surface area contributed by atoms with Gasteiger partial charge in [0.25, 0.3) is 5.09 Å². The standard InChI is InChI=1S/C9H8N2O6/c1-5(12)7-2-8(9(13)14)10-3-6(7)4-17-11(15)16/h2-3H,4H2,1H3,(H,13,14). The lowest BCUT2D eigenvalue weighted by Gasteiger charge is -2.06. The maximum atomic E-state index is 11.2. The molecule has 1 N–H and O–H groups in total. The van der Waals surface area contributed by atoms with Crippen LogP contribution in [0.5, 0.6) is 0 Å². The number of ketones is 1. The Bertz CT molecular complexity index is 484. The Morgan fingerprint density at radius 1 is 1.59 bits per heavy atom. The van der Waals surface area contributed by atoms with Crippen LogP contribution in [0.25, 0.3) is 0 Å². The Morgan fingerprint density at radius 3 is 2.71 bits per heavy atom. The third-order valence-electron chi connectivity index (χ3n) is 1.91. The molecule has 0 fully saturated rings. The Hall–Kier alpha value is -2.51. The molecule has 0 radical (unpaired) electrons. The van der Waals surface area contributed by atoms with Gasteiger partial charge in [-0.25, -0.2) is 9.78 Å². The Morgan fingerprint density at radius 2 is 2.24 bits per heavy atom. The van der Waals surface area contributed by atoms with E-state index in [0.717, 1.165) is 12.3 Å². The first-order chi connectivity index (χ1) is 7.91. The van der Waals surface area contributed by atoms with E-state index in [9.17, 15) is 19.7 Å². The summed E-state index contributed by atoms with van der Waals surface area (Å²) in [6.45, 7) is 0.769.